The second-order valence-corrected chi connectivity index (χ2v) is 5.44. The third-order valence-electron chi connectivity index (χ3n) is 3.35. The molecule has 0 aromatic carbocycles. The molecular formula is C12H19BrN2O. The molecule has 16 heavy (non-hydrogen) atoms. The smallest absolute Gasteiger partial charge is 0.169 e. The largest absolute Gasteiger partial charge is 0.453 e. The molecule has 4 heteroatoms. The van der Waals surface area contributed by atoms with Crippen LogP contribution >= 0.6 is 15.9 Å². The molecule has 2 heterocycles. The minimum atomic E-state index is 0.695. The number of halogens is 1. The predicted octanol–water partition coefficient (Wildman–Crippen LogP) is 2.57. The lowest BCUT2D eigenvalue weighted by Crippen LogP contribution is -2.41. The summed E-state index contributed by atoms with van der Waals surface area (Å²) in [6, 6.07) is 4.69. The van der Waals surface area contributed by atoms with Crippen molar-refractivity contribution in [1.29, 1.82) is 0 Å². The molecule has 90 valence electrons. The standard InChI is InChI=1S/C12H19BrN2O/c1-14-7-5-10(6-8-14)15(2)9-11-3-4-12(13)16-11/h3-4,10H,5-9H2,1-2H3. The molecule has 0 spiro atoms. The highest BCUT2D eigenvalue weighted by Gasteiger charge is 2.21. The molecule has 3 nitrogen and oxygen atoms in total. The molecule has 1 aliphatic heterocycles. The van der Waals surface area contributed by atoms with Crippen molar-refractivity contribution in [2.75, 3.05) is 27.2 Å². The second-order valence-electron chi connectivity index (χ2n) is 4.66. The number of hydrogen-bond acceptors (Lipinski definition) is 3. The van der Waals surface area contributed by atoms with Crippen LogP contribution in [0.25, 0.3) is 0 Å². The summed E-state index contributed by atoms with van der Waals surface area (Å²) in [5.74, 6) is 1.04. The van der Waals surface area contributed by atoms with Crippen molar-refractivity contribution in [3.63, 3.8) is 0 Å². The van der Waals surface area contributed by atoms with Crippen molar-refractivity contribution >= 4 is 15.9 Å². The molecule has 0 bridgehead atoms. The lowest BCUT2D eigenvalue weighted by molar-refractivity contribution is 0.132. The molecule has 2 rings (SSSR count). The van der Waals surface area contributed by atoms with E-state index in [4.69, 9.17) is 4.42 Å². The summed E-state index contributed by atoms with van der Waals surface area (Å²) in [6.07, 6.45) is 2.52. The summed E-state index contributed by atoms with van der Waals surface area (Å²) >= 11 is 3.33. The Morgan fingerprint density at radius 2 is 2.12 bits per heavy atom. The molecule has 0 atom stereocenters. The lowest BCUT2D eigenvalue weighted by Gasteiger charge is -2.34. The van der Waals surface area contributed by atoms with Gasteiger partial charge in [0.25, 0.3) is 0 Å². The zero-order valence-electron chi connectivity index (χ0n) is 9.95. The fourth-order valence-corrected chi connectivity index (χ4v) is 2.59. The molecule has 1 aromatic heterocycles. The van der Waals surface area contributed by atoms with Crippen LogP contribution in [0.4, 0.5) is 0 Å². The highest BCUT2D eigenvalue weighted by molar-refractivity contribution is 9.10. The molecule has 0 N–H and O–H groups in total. The van der Waals surface area contributed by atoms with E-state index in [0.29, 0.717) is 6.04 Å². The van der Waals surface area contributed by atoms with Gasteiger partial charge in [0.2, 0.25) is 0 Å². The fourth-order valence-electron chi connectivity index (χ4n) is 2.25. The van der Waals surface area contributed by atoms with Crippen molar-refractivity contribution in [3.8, 4) is 0 Å². The molecule has 1 fully saturated rings. The van der Waals surface area contributed by atoms with Crippen LogP contribution in [0.1, 0.15) is 18.6 Å². The van der Waals surface area contributed by atoms with Crippen LogP contribution in [0.5, 0.6) is 0 Å². The number of piperidine rings is 1. The molecule has 0 saturated carbocycles. The van der Waals surface area contributed by atoms with Crippen LogP contribution in [0.15, 0.2) is 21.2 Å². The van der Waals surface area contributed by atoms with Crippen molar-refractivity contribution in [3.05, 3.63) is 22.6 Å². The quantitative estimate of drug-likeness (QED) is 0.852. The van der Waals surface area contributed by atoms with Gasteiger partial charge in [-0.2, -0.15) is 0 Å². The van der Waals surface area contributed by atoms with Crippen LogP contribution in [0.3, 0.4) is 0 Å². The van der Waals surface area contributed by atoms with Gasteiger partial charge in [-0.3, -0.25) is 4.90 Å². The van der Waals surface area contributed by atoms with Gasteiger partial charge in [-0.1, -0.05) is 0 Å². The molecule has 0 unspecified atom stereocenters. The van der Waals surface area contributed by atoms with Gasteiger partial charge in [0.15, 0.2) is 4.67 Å². The number of hydrogen-bond donors (Lipinski definition) is 0. The first-order valence-corrected chi connectivity index (χ1v) is 6.57. The average Bonchev–Trinajstić information content (AvgIpc) is 2.65. The Morgan fingerprint density at radius 3 is 2.69 bits per heavy atom. The summed E-state index contributed by atoms with van der Waals surface area (Å²) in [5.41, 5.74) is 0. The number of likely N-dealkylation sites (tertiary alicyclic amines) is 1. The molecule has 1 aromatic rings. The maximum Gasteiger partial charge on any atom is 0.169 e. The Kier molecular flexibility index (Phi) is 4.05. The summed E-state index contributed by atoms with van der Waals surface area (Å²) in [7, 11) is 4.38. The Bertz CT molecular complexity index is 332. The average molecular weight is 287 g/mol. The summed E-state index contributed by atoms with van der Waals surface area (Å²) < 4.78 is 6.35. The normalized spacial score (nSPS) is 19.5. The number of nitrogens with zero attached hydrogens (tertiary/aromatic N) is 2. The first kappa shape index (κ1) is 12.1. The van der Waals surface area contributed by atoms with Gasteiger partial charge in [-0.25, -0.2) is 0 Å². The fraction of sp³-hybridized carbons (Fsp3) is 0.667. The van der Waals surface area contributed by atoms with E-state index in [-0.39, 0.29) is 0 Å². The minimum Gasteiger partial charge on any atom is -0.453 e. The first-order valence-electron chi connectivity index (χ1n) is 5.78. The highest BCUT2D eigenvalue weighted by Crippen LogP contribution is 2.19. The van der Waals surface area contributed by atoms with Gasteiger partial charge in [0.1, 0.15) is 5.76 Å². The molecule has 1 aliphatic rings. The first-order chi connectivity index (χ1) is 7.65. The summed E-state index contributed by atoms with van der Waals surface area (Å²) in [4.78, 5) is 4.80. The molecule has 0 amide bonds. The Morgan fingerprint density at radius 1 is 1.44 bits per heavy atom. The molecule has 0 aliphatic carbocycles. The zero-order valence-corrected chi connectivity index (χ0v) is 11.5. The van der Waals surface area contributed by atoms with E-state index in [0.717, 1.165) is 17.0 Å². The SMILES string of the molecule is CN1CCC(N(C)Cc2ccc(Br)o2)CC1. The van der Waals surface area contributed by atoms with Gasteiger partial charge in [0.05, 0.1) is 6.54 Å². The van der Waals surface area contributed by atoms with Crippen molar-refractivity contribution < 1.29 is 4.42 Å². The zero-order chi connectivity index (χ0) is 11.5. The lowest BCUT2D eigenvalue weighted by atomic mass is 10.0. The van der Waals surface area contributed by atoms with Crippen molar-refractivity contribution in [2.24, 2.45) is 0 Å². The number of furan rings is 1. The van der Waals surface area contributed by atoms with E-state index >= 15 is 0 Å². The molecule has 1 saturated heterocycles. The summed E-state index contributed by atoms with van der Waals surface area (Å²) in [6.45, 7) is 3.31. The Labute approximate surface area is 106 Å². The maximum absolute atomic E-state index is 5.53. The monoisotopic (exact) mass is 286 g/mol. The third kappa shape index (κ3) is 3.09. The van der Waals surface area contributed by atoms with Gasteiger partial charge in [-0.15, -0.1) is 0 Å². The van der Waals surface area contributed by atoms with Crippen LogP contribution in [-0.2, 0) is 6.54 Å². The maximum atomic E-state index is 5.53. The topological polar surface area (TPSA) is 19.6 Å². The van der Waals surface area contributed by atoms with Crippen LogP contribution in [-0.4, -0.2) is 43.0 Å². The molecular weight excluding hydrogens is 268 g/mol. The Balaban J connectivity index is 1.85. The van der Waals surface area contributed by atoms with Crippen LogP contribution < -0.4 is 0 Å². The minimum absolute atomic E-state index is 0.695. The second kappa shape index (κ2) is 5.34. The third-order valence-corrected chi connectivity index (χ3v) is 3.77. The Hall–Kier alpha value is -0.320. The van der Waals surface area contributed by atoms with E-state index in [9.17, 15) is 0 Å². The van der Waals surface area contributed by atoms with Gasteiger partial charge in [0, 0.05) is 6.04 Å². The van der Waals surface area contributed by atoms with E-state index < -0.39 is 0 Å². The number of rotatable bonds is 3. The van der Waals surface area contributed by atoms with Crippen molar-refractivity contribution in [1.82, 2.24) is 9.80 Å². The van der Waals surface area contributed by atoms with E-state index in [1.165, 1.54) is 25.9 Å². The van der Waals surface area contributed by atoms with Crippen LogP contribution in [0, 0.1) is 0 Å². The predicted molar refractivity (Wildman–Crippen MR) is 68.4 cm³/mol. The van der Waals surface area contributed by atoms with E-state index in [1.54, 1.807) is 0 Å². The van der Waals surface area contributed by atoms with Gasteiger partial charge < -0.3 is 9.32 Å². The molecule has 0 radical (unpaired) electrons. The van der Waals surface area contributed by atoms with Crippen molar-refractivity contribution in [2.45, 2.75) is 25.4 Å². The van der Waals surface area contributed by atoms with E-state index in [2.05, 4.69) is 39.8 Å². The summed E-state index contributed by atoms with van der Waals surface area (Å²) in [5, 5.41) is 0. The highest BCUT2D eigenvalue weighted by atomic mass is 79.9. The van der Waals surface area contributed by atoms with E-state index in [1.807, 2.05) is 12.1 Å². The van der Waals surface area contributed by atoms with Crippen LogP contribution in [0.2, 0.25) is 0 Å². The van der Waals surface area contributed by atoms with Gasteiger partial charge in [-0.05, 0) is 68.1 Å². The van der Waals surface area contributed by atoms with Gasteiger partial charge >= 0.3 is 0 Å².